The largest absolute Gasteiger partial charge is 0.493 e. The van der Waals surface area contributed by atoms with Gasteiger partial charge < -0.3 is 9.84 Å². The van der Waals surface area contributed by atoms with Crippen LogP contribution < -0.4 is 4.74 Å². The number of rotatable bonds is 8. The lowest BCUT2D eigenvalue weighted by Gasteiger charge is -2.08. The van der Waals surface area contributed by atoms with Crippen molar-refractivity contribution in [2.45, 2.75) is 26.2 Å². The average molecular weight is 323 g/mol. The monoisotopic (exact) mass is 323 g/mol. The number of carboxylic acids is 1. The molecule has 1 N–H and O–H groups in total. The Balaban J connectivity index is 1.83. The molecule has 124 valence electrons. The minimum absolute atomic E-state index is 0.204. The molecule has 0 heterocycles. The van der Waals surface area contributed by atoms with E-state index in [0.29, 0.717) is 6.61 Å². The Kier molecular flexibility index (Phi) is 6.39. The van der Waals surface area contributed by atoms with Crippen LogP contribution in [0, 0.1) is 17.2 Å². The highest BCUT2D eigenvalue weighted by Crippen LogP contribution is 2.16. The molecule has 0 amide bonds. The number of aryl methyl sites for hydroxylation is 1. The summed E-state index contributed by atoms with van der Waals surface area (Å²) in [6.07, 6.45) is 2.08. The van der Waals surface area contributed by atoms with E-state index < -0.39 is 11.9 Å². The van der Waals surface area contributed by atoms with E-state index in [1.807, 2.05) is 12.1 Å². The summed E-state index contributed by atoms with van der Waals surface area (Å²) in [5.41, 5.74) is 3.38. The minimum Gasteiger partial charge on any atom is -0.493 e. The van der Waals surface area contributed by atoms with Gasteiger partial charge in [0.2, 0.25) is 0 Å². The SMILES string of the molecule is CCc1ccc(CCOc2ccc(CC(C#N)C(=O)O)cc2)cc1. The number of ether oxygens (including phenoxy) is 1. The molecule has 0 saturated carbocycles. The number of benzene rings is 2. The van der Waals surface area contributed by atoms with Gasteiger partial charge in [-0.05, 0) is 41.7 Å². The van der Waals surface area contributed by atoms with Crippen molar-refractivity contribution in [3.63, 3.8) is 0 Å². The van der Waals surface area contributed by atoms with Crippen molar-refractivity contribution in [3.05, 3.63) is 65.2 Å². The summed E-state index contributed by atoms with van der Waals surface area (Å²) in [7, 11) is 0. The Morgan fingerprint density at radius 3 is 2.21 bits per heavy atom. The normalized spacial score (nSPS) is 11.5. The molecule has 1 atom stereocenters. The molecule has 0 aliphatic carbocycles. The fourth-order valence-corrected chi connectivity index (χ4v) is 2.37. The standard InChI is InChI=1S/C20H21NO3/c1-2-15-3-5-16(6-4-15)11-12-24-19-9-7-17(8-10-19)13-18(14-21)20(22)23/h3-10,18H,2,11-13H2,1H3,(H,22,23). The highest BCUT2D eigenvalue weighted by Gasteiger charge is 2.16. The molecule has 2 rings (SSSR count). The molecule has 0 aliphatic heterocycles. The van der Waals surface area contributed by atoms with Gasteiger partial charge in [0.25, 0.3) is 0 Å². The molecular formula is C20H21NO3. The van der Waals surface area contributed by atoms with Gasteiger partial charge in [0.1, 0.15) is 11.7 Å². The number of carbonyl (C=O) groups is 1. The third-order valence-corrected chi connectivity index (χ3v) is 3.91. The van der Waals surface area contributed by atoms with E-state index >= 15 is 0 Å². The van der Waals surface area contributed by atoms with Gasteiger partial charge in [-0.25, -0.2) is 0 Å². The molecule has 0 fully saturated rings. The first kappa shape index (κ1) is 17.6. The van der Waals surface area contributed by atoms with Gasteiger partial charge in [-0.2, -0.15) is 5.26 Å². The Bertz CT molecular complexity index is 699. The molecular weight excluding hydrogens is 302 g/mol. The predicted octanol–water partition coefficient (Wildman–Crippen LogP) is 3.64. The van der Waals surface area contributed by atoms with Gasteiger partial charge in [-0.15, -0.1) is 0 Å². The van der Waals surface area contributed by atoms with Crippen LogP contribution in [0.1, 0.15) is 23.6 Å². The second-order valence-corrected chi connectivity index (χ2v) is 5.64. The van der Waals surface area contributed by atoms with Crippen LogP contribution in [0.15, 0.2) is 48.5 Å². The van der Waals surface area contributed by atoms with Crippen LogP contribution in [0.3, 0.4) is 0 Å². The summed E-state index contributed by atoms with van der Waals surface area (Å²) >= 11 is 0. The topological polar surface area (TPSA) is 70.3 Å². The van der Waals surface area contributed by atoms with Crippen molar-refractivity contribution in [2.75, 3.05) is 6.61 Å². The van der Waals surface area contributed by atoms with E-state index in [9.17, 15) is 4.79 Å². The van der Waals surface area contributed by atoms with Crippen molar-refractivity contribution in [2.24, 2.45) is 5.92 Å². The summed E-state index contributed by atoms with van der Waals surface area (Å²) in [5, 5.41) is 17.7. The quantitative estimate of drug-likeness (QED) is 0.805. The van der Waals surface area contributed by atoms with Crippen LogP contribution >= 0.6 is 0 Å². The van der Waals surface area contributed by atoms with Gasteiger partial charge >= 0.3 is 5.97 Å². The smallest absolute Gasteiger partial charge is 0.321 e. The van der Waals surface area contributed by atoms with Crippen LogP contribution in [-0.2, 0) is 24.1 Å². The van der Waals surface area contributed by atoms with E-state index in [2.05, 4.69) is 31.2 Å². The molecule has 0 bridgehead atoms. The van der Waals surface area contributed by atoms with E-state index in [1.165, 1.54) is 11.1 Å². The lowest BCUT2D eigenvalue weighted by molar-refractivity contribution is -0.139. The maximum Gasteiger partial charge on any atom is 0.321 e. The van der Waals surface area contributed by atoms with E-state index in [1.54, 1.807) is 18.2 Å². The summed E-state index contributed by atoms with van der Waals surface area (Å²) in [4.78, 5) is 10.9. The first-order chi connectivity index (χ1) is 11.6. The van der Waals surface area contributed by atoms with Gasteiger partial charge in [0.05, 0.1) is 12.7 Å². The average Bonchev–Trinajstić information content (AvgIpc) is 2.61. The van der Waals surface area contributed by atoms with Crippen LogP contribution in [0.2, 0.25) is 0 Å². The molecule has 0 saturated heterocycles. The zero-order valence-corrected chi connectivity index (χ0v) is 13.7. The van der Waals surface area contributed by atoms with E-state index in [0.717, 1.165) is 24.2 Å². The number of nitrogens with zero attached hydrogens (tertiary/aromatic N) is 1. The van der Waals surface area contributed by atoms with Crippen molar-refractivity contribution in [1.82, 2.24) is 0 Å². The number of carboxylic acid groups (broad SMARTS) is 1. The van der Waals surface area contributed by atoms with Crippen molar-refractivity contribution >= 4 is 5.97 Å². The molecule has 2 aromatic rings. The maximum absolute atomic E-state index is 10.9. The molecule has 1 unspecified atom stereocenters. The summed E-state index contributed by atoms with van der Waals surface area (Å²) in [5.74, 6) is -1.36. The highest BCUT2D eigenvalue weighted by atomic mass is 16.5. The summed E-state index contributed by atoms with van der Waals surface area (Å²) < 4.78 is 5.72. The van der Waals surface area contributed by atoms with Crippen molar-refractivity contribution in [1.29, 1.82) is 5.26 Å². The van der Waals surface area contributed by atoms with Gasteiger partial charge in [0.15, 0.2) is 0 Å². The van der Waals surface area contributed by atoms with E-state index in [4.69, 9.17) is 15.1 Å². The van der Waals surface area contributed by atoms with Crippen molar-refractivity contribution < 1.29 is 14.6 Å². The third-order valence-electron chi connectivity index (χ3n) is 3.91. The number of nitriles is 1. The zero-order valence-electron chi connectivity index (χ0n) is 13.7. The fourth-order valence-electron chi connectivity index (χ4n) is 2.37. The van der Waals surface area contributed by atoms with Crippen molar-refractivity contribution in [3.8, 4) is 11.8 Å². The lowest BCUT2D eigenvalue weighted by atomic mass is 10.0. The van der Waals surface area contributed by atoms with Crippen LogP contribution in [-0.4, -0.2) is 17.7 Å². The highest BCUT2D eigenvalue weighted by molar-refractivity contribution is 5.73. The predicted molar refractivity (Wildman–Crippen MR) is 91.9 cm³/mol. The first-order valence-corrected chi connectivity index (χ1v) is 8.04. The van der Waals surface area contributed by atoms with Crippen LogP contribution in [0.5, 0.6) is 5.75 Å². The van der Waals surface area contributed by atoms with Gasteiger partial charge in [-0.1, -0.05) is 43.3 Å². The Hall–Kier alpha value is -2.80. The Morgan fingerprint density at radius 2 is 1.67 bits per heavy atom. The molecule has 2 aromatic carbocycles. The van der Waals surface area contributed by atoms with Crippen LogP contribution in [0.25, 0.3) is 0 Å². The Morgan fingerprint density at radius 1 is 1.08 bits per heavy atom. The molecule has 24 heavy (non-hydrogen) atoms. The third kappa shape index (κ3) is 5.13. The first-order valence-electron chi connectivity index (χ1n) is 8.04. The Labute approximate surface area is 142 Å². The molecule has 0 spiro atoms. The molecule has 0 aromatic heterocycles. The van der Waals surface area contributed by atoms with Gasteiger partial charge in [-0.3, -0.25) is 4.79 Å². The zero-order chi connectivity index (χ0) is 17.4. The minimum atomic E-state index is -1.09. The summed E-state index contributed by atoms with van der Waals surface area (Å²) in [6, 6.07) is 17.5. The fraction of sp³-hybridized carbons (Fsp3) is 0.300. The van der Waals surface area contributed by atoms with E-state index in [-0.39, 0.29) is 6.42 Å². The second-order valence-electron chi connectivity index (χ2n) is 5.64. The second kappa shape index (κ2) is 8.73. The molecule has 4 nitrogen and oxygen atoms in total. The molecule has 0 aliphatic rings. The van der Waals surface area contributed by atoms with Crippen LogP contribution in [0.4, 0.5) is 0 Å². The molecule has 4 heteroatoms. The lowest BCUT2D eigenvalue weighted by Crippen LogP contribution is -2.14. The number of hydrogen-bond donors (Lipinski definition) is 1. The number of aliphatic carboxylic acids is 1. The summed E-state index contributed by atoms with van der Waals surface area (Å²) in [6.45, 7) is 2.72. The maximum atomic E-state index is 10.9. The molecule has 0 radical (unpaired) electrons. The van der Waals surface area contributed by atoms with Gasteiger partial charge in [0, 0.05) is 6.42 Å². The number of hydrogen-bond acceptors (Lipinski definition) is 3.